The van der Waals surface area contributed by atoms with Crippen molar-refractivity contribution in [3.05, 3.63) is 41.9 Å². The predicted molar refractivity (Wildman–Crippen MR) is 171 cm³/mol. The summed E-state index contributed by atoms with van der Waals surface area (Å²) < 4.78 is 31.1. The van der Waals surface area contributed by atoms with Gasteiger partial charge < -0.3 is 24.4 Å². The largest absolute Gasteiger partial charge is 0.471 e. The number of hydrogen-bond acceptors (Lipinski definition) is 9. The molecule has 1 saturated heterocycles. The highest BCUT2D eigenvalue weighted by Crippen LogP contribution is 2.57. The zero-order valence-corrected chi connectivity index (χ0v) is 27.8. The van der Waals surface area contributed by atoms with Crippen LogP contribution in [0.15, 0.2) is 30.4 Å². The van der Waals surface area contributed by atoms with E-state index in [1.165, 1.54) is 23.1 Å². The van der Waals surface area contributed by atoms with Gasteiger partial charge in [0.2, 0.25) is 11.8 Å². The van der Waals surface area contributed by atoms with E-state index in [0.717, 1.165) is 19.3 Å². The fourth-order valence-corrected chi connectivity index (χ4v) is 6.56. The van der Waals surface area contributed by atoms with Gasteiger partial charge in [-0.2, -0.15) is 0 Å². The first kappa shape index (κ1) is 34.3. The molecule has 1 aliphatic carbocycles. The van der Waals surface area contributed by atoms with Crippen molar-refractivity contribution in [3.63, 3.8) is 0 Å². The van der Waals surface area contributed by atoms with Gasteiger partial charge >= 0.3 is 12.1 Å². The number of aromatic nitrogens is 2. The summed E-state index contributed by atoms with van der Waals surface area (Å²) in [5.74, 6) is -1.51. The Balaban J connectivity index is 1.45. The van der Waals surface area contributed by atoms with E-state index in [2.05, 4.69) is 21.4 Å². The highest BCUT2D eigenvalue weighted by atomic mass is 19.1. The van der Waals surface area contributed by atoms with Gasteiger partial charge in [-0.05, 0) is 78.4 Å². The summed E-state index contributed by atoms with van der Waals surface area (Å²) in [6.07, 6.45) is 6.80. The molecule has 2 aliphatic heterocycles. The van der Waals surface area contributed by atoms with Crippen LogP contribution in [0, 0.1) is 24.1 Å². The van der Waals surface area contributed by atoms with Gasteiger partial charge in [0.15, 0.2) is 5.78 Å². The molecule has 2 amide bonds. The van der Waals surface area contributed by atoms with Gasteiger partial charge in [-0.1, -0.05) is 25.0 Å². The number of ketones is 1. The minimum Gasteiger partial charge on any atom is -0.471 e. The molecule has 0 spiro atoms. The molecule has 5 rings (SSSR count). The third kappa shape index (κ3) is 8.08. The number of amides is 2. The fraction of sp³-hybridized carbons (Fsp3) is 0.600. The second kappa shape index (κ2) is 13.9. The van der Waals surface area contributed by atoms with Gasteiger partial charge in [-0.25, -0.2) is 19.2 Å². The van der Waals surface area contributed by atoms with Crippen LogP contribution in [-0.4, -0.2) is 75.6 Å². The number of aryl methyl sites for hydroxylation is 1. The molecule has 1 aromatic heterocycles. The Bertz CT molecular complexity index is 1560. The van der Waals surface area contributed by atoms with Crippen LogP contribution in [-0.2, 0) is 23.9 Å². The number of rotatable bonds is 5. The summed E-state index contributed by atoms with van der Waals surface area (Å²) in [5.41, 5.74) is -0.445. The third-order valence-corrected chi connectivity index (χ3v) is 8.98. The Morgan fingerprint density at radius 3 is 2.66 bits per heavy atom. The summed E-state index contributed by atoms with van der Waals surface area (Å²) in [7, 11) is 0. The van der Waals surface area contributed by atoms with Crippen LogP contribution in [0.25, 0.3) is 11.0 Å². The predicted octanol–water partition coefficient (Wildman–Crippen LogP) is 5.37. The number of fused-ring (bicyclic) bond motifs is 3. The maximum atomic E-state index is 14.3. The standard InChI is InChI=1S/C35H45FN4O7/c1-6-45-32(43)35-18-22(35)12-10-8-7-9-11-13-26(39-33(44)47-34(3,4)5)31(42)40-20-24(17-28(40)29(41)19-35)46-30-21(2)37-25-15-14-23(36)16-27(25)38-30/h10,12,14-16,22,24,26,28H,6-9,11,13,17-20H2,1-5H3,(H,39,44)/b12-10-/t22-,24-,26+,28+,35-/m1/s1. The molecule has 3 heterocycles. The van der Waals surface area contributed by atoms with Crippen LogP contribution in [0.4, 0.5) is 9.18 Å². The lowest BCUT2D eigenvalue weighted by Crippen LogP contribution is -2.52. The molecule has 2 aromatic rings. The Morgan fingerprint density at radius 1 is 1.13 bits per heavy atom. The molecule has 1 aromatic carbocycles. The van der Waals surface area contributed by atoms with Crippen molar-refractivity contribution in [2.75, 3.05) is 13.2 Å². The molecule has 5 atom stereocenters. The zero-order valence-electron chi connectivity index (χ0n) is 27.8. The van der Waals surface area contributed by atoms with Gasteiger partial charge in [0.25, 0.3) is 0 Å². The van der Waals surface area contributed by atoms with E-state index in [9.17, 15) is 23.6 Å². The lowest BCUT2D eigenvalue weighted by atomic mass is 9.91. The third-order valence-electron chi connectivity index (χ3n) is 8.98. The Kier molecular flexibility index (Phi) is 10.2. The second-order valence-corrected chi connectivity index (χ2v) is 13.8. The van der Waals surface area contributed by atoms with Crippen LogP contribution in [0.3, 0.4) is 0 Å². The lowest BCUT2D eigenvalue weighted by molar-refractivity contribution is -0.152. The zero-order chi connectivity index (χ0) is 33.9. The highest BCUT2D eigenvalue weighted by Gasteiger charge is 2.61. The maximum absolute atomic E-state index is 14.3. The molecule has 0 bridgehead atoms. The molecular formula is C35H45FN4O7. The van der Waals surface area contributed by atoms with Crippen LogP contribution < -0.4 is 10.1 Å². The van der Waals surface area contributed by atoms with Gasteiger partial charge in [0, 0.05) is 18.9 Å². The molecule has 1 N–H and O–H groups in total. The first-order valence-electron chi connectivity index (χ1n) is 16.6. The molecule has 12 heteroatoms. The topological polar surface area (TPSA) is 137 Å². The monoisotopic (exact) mass is 652 g/mol. The number of allylic oxidation sites excluding steroid dienone is 2. The first-order chi connectivity index (χ1) is 22.3. The minimum atomic E-state index is -0.976. The highest BCUT2D eigenvalue weighted by molar-refractivity contribution is 5.96. The molecular weight excluding hydrogens is 607 g/mol. The van der Waals surface area contributed by atoms with E-state index in [4.69, 9.17) is 14.2 Å². The molecule has 0 unspecified atom stereocenters. The van der Waals surface area contributed by atoms with Crippen LogP contribution in [0.2, 0.25) is 0 Å². The van der Waals surface area contributed by atoms with Crippen LogP contribution >= 0.6 is 0 Å². The lowest BCUT2D eigenvalue weighted by Gasteiger charge is -2.30. The fourth-order valence-electron chi connectivity index (χ4n) is 6.56. The summed E-state index contributed by atoms with van der Waals surface area (Å²) in [6, 6.07) is 2.26. The van der Waals surface area contributed by atoms with E-state index < -0.39 is 53.0 Å². The smallest absolute Gasteiger partial charge is 0.408 e. The van der Waals surface area contributed by atoms with Crippen molar-refractivity contribution >= 4 is 34.8 Å². The Hall–Kier alpha value is -4.09. The number of nitrogens with one attached hydrogen (secondary N) is 1. The average molecular weight is 653 g/mol. The molecule has 1 saturated carbocycles. The van der Waals surface area contributed by atoms with E-state index >= 15 is 0 Å². The van der Waals surface area contributed by atoms with Crippen molar-refractivity contribution in [3.8, 4) is 5.88 Å². The maximum Gasteiger partial charge on any atom is 0.408 e. The van der Waals surface area contributed by atoms with Crippen LogP contribution in [0.5, 0.6) is 5.88 Å². The number of esters is 1. The van der Waals surface area contributed by atoms with Crippen molar-refractivity contribution in [2.45, 2.75) is 110 Å². The van der Waals surface area contributed by atoms with E-state index in [-0.39, 0.29) is 43.6 Å². The van der Waals surface area contributed by atoms with E-state index in [0.29, 0.717) is 36.0 Å². The summed E-state index contributed by atoms with van der Waals surface area (Å²) in [6.45, 7) is 8.92. The molecule has 254 valence electrons. The number of carbonyl (C=O) groups is 4. The number of Topliss-reactive ketones (excluding diaryl/α,β-unsaturated/α-hetero) is 1. The number of benzene rings is 1. The average Bonchev–Trinajstić information content (AvgIpc) is 3.52. The van der Waals surface area contributed by atoms with E-state index in [1.54, 1.807) is 34.6 Å². The number of halogens is 1. The van der Waals surface area contributed by atoms with Crippen molar-refractivity contribution < 1.29 is 37.8 Å². The van der Waals surface area contributed by atoms with Gasteiger partial charge in [0.05, 0.1) is 35.6 Å². The van der Waals surface area contributed by atoms with Gasteiger partial charge in [-0.3, -0.25) is 14.4 Å². The number of alkyl carbamates (subject to hydrolysis) is 1. The summed E-state index contributed by atoms with van der Waals surface area (Å²) in [5, 5.41) is 2.75. The Labute approximate surface area is 274 Å². The second-order valence-electron chi connectivity index (χ2n) is 13.8. The van der Waals surface area contributed by atoms with Crippen LogP contribution in [0.1, 0.15) is 84.8 Å². The normalized spacial score (nSPS) is 27.6. The quantitative estimate of drug-likeness (QED) is 0.334. The SMILES string of the molecule is CCOC(=O)[C@]12CC(=O)[C@@H]3C[C@@H](Oc4nc5cc(F)ccc5nc4C)CN3C(=O)[C@@H](NC(=O)OC(C)(C)C)CCCCC/C=C\[C@@H]1C2. The van der Waals surface area contributed by atoms with Crippen molar-refractivity contribution in [1.82, 2.24) is 20.2 Å². The number of hydrogen-bond donors (Lipinski definition) is 1. The number of nitrogens with zero attached hydrogens (tertiary/aromatic N) is 3. The number of carbonyl (C=O) groups excluding carboxylic acids is 4. The van der Waals surface area contributed by atoms with Crippen molar-refractivity contribution in [1.29, 1.82) is 0 Å². The molecule has 11 nitrogen and oxygen atoms in total. The molecule has 47 heavy (non-hydrogen) atoms. The summed E-state index contributed by atoms with van der Waals surface area (Å²) >= 11 is 0. The Morgan fingerprint density at radius 2 is 1.91 bits per heavy atom. The van der Waals surface area contributed by atoms with Gasteiger partial charge in [0.1, 0.15) is 29.3 Å². The van der Waals surface area contributed by atoms with E-state index in [1.807, 2.05) is 6.08 Å². The van der Waals surface area contributed by atoms with Gasteiger partial charge in [-0.15, -0.1) is 0 Å². The first-order valence-corrected chi connectivity index (χ1v) is 16.6. The minimum absolute atomic E-state index is 0.0415. The molecule has 2 fully saturated rings. The summed E-state index contributed by atoms with van der Waals surface area (Å²) in [4.78, 5) is 64.9. The van der Waals surface area contributed by atoms with Crippen molar-refractivity contribution in [2.24, 2.45) is 11.3 Å². The number of ether oxygens (including phenoxy) is 3. The molecule has 3 aliphatic rings. The molecule has 0 radical (unpaired) electrons.